The van der Waals surface area contributed by atoms with E-state index in [0.717, 1.165) is 12.8 Å². The number of aromatic hydroxyl groups is 1. The molecule has 0 unspecified atom stereocenters. The van der Waals surface area contributed by atoms with Crippen LogP contribution in [0.4, 0.5) is 0 Å². The van der Waals surface area contributed by atoms with E-state index in [1.54, 1.807) is 6.07 Å². The molecule has 2 N–H and O–H groups in total. The van der Waals surface area contributed by atoms with E-state index >= 15 is 0 Å². The zero-order chi connectivity index (χ0) is 28.0. The molecule has 0 aromatic heterocycles. The maximum atomic E-state index is 11.0. The standard InChI is InChI=1S/C35H39O4P/c36-34-28-29(24-25-33(34)35(37)38)39-26-16-5-3-1-2-4-6-17-27-40(30-18-10-7-11-19-30,31-20-12-8-13-21-31)32-22-14-9-15-23-32/h7-15,18-25,28H,1-6,16-17,26-27H2,(H-,36,37,38)/p+1. The van der Waals surface area contributed by atoms with Crippen molar-refractivity contribution < 1.29 is 19.7 Å². The number of carboxylic acids is 1. The van der Waals surface area contributed by atoms with Gasteiger partial charge >= 0.3 is 5.97 Å². The van der Waals surface area contributed by atoms with Crippen molar-refractivity contribution >= 4 is 29.1 Å². The van der Waals surface area contributed by atoms with E-state index in [9.17, 15) is 9.90 Å². The van der Waals surface area contributed by atoms with E-state index in [-0.39, 0.29) is 11.3 Å². The molecule has 0 saturated carbocycles. The predicted molar refractivity (Wildman–Crippen MR) is 168 cm³/mol. The molecule has 0 amide bonds. The van der Waals surface area contributed by atoms with Crippen molar-refractivity contribution in [3.05, 3.63) is 115 Å². The number of aromatic carboxylic acids is 1. The van der Waals surface area contributed by atoms with Gasteiger partial charge in [-0.25, -0.2) is 4.79 Å². The molecule has 0 aliphatic carbocycles. The van der Waals surface area contributed by atoms with E-state index in [2.05, 4.69) is 91.0 Å². The predicted octanol–water partition coefficient (Wildman–Crippen LogP) is 7.58. The van der Waals surface area contributed by atoms with Crippen LogP contribution in [0.5, 0.6) is 11.5 Å². The van der Waals surface area contributed by atoms with Crippen molar-refractivity contribution in [2.75, 3.05) is 12.8 Å². The highest BCUT2D eigenvalue weighted by Crippen LogP contribution is 2.56. The first kappa shape index (κ1) is 29.4. The third-order valence-electron chi connectivity index (χ3n) is 7.45. The van der Waals surface area contributed by atoms with Gasteiger partial charge in [0.25, 0.3) is 0 Å². The highest BCUT2D eigenvalue weighted by atomic mass is 31.2. The number of unbranched alkanes of at least 4 members (excludes halogenated alkanes) is 7. The monoisotopic (exact) mass is 555 g/mol. The van der Waals surface area contributed by atoms with Crippen molar-refractivity contribution in [1.29, 1.82) is 0 Å². The summed E-state index contributed by atoms with van der Waals surface area (Å²) in [6, 6.07) is 37.7. The van der Waals surface area contributed by atoms with Crippen molar-refractivity contribution in [2.24, 2.45) is 0 Å². The second-order valence-corrected chi connectivity index (χ2v) is 13.8. The van der Waals surface area contributed by atoms with Gasteiger partial charge in [0.15, 0.2) is 0 Å². The van der Waals surface area contributed by atoms with Gasteiger partial charge in [-0.15, -0.1) is 0 Å². The lowest BCUT2D eigenvalue weighted by atomic mass is 10.1. The lowest BCUT2D eigenvalue weighted by molar-refractivity contribution is 0.0693. The molecule has 0 spiro atoms. The van der Waals surface area contributed by atoms with Gasteiger partial charge in [-0.3, -0.25) is 0 Å². The average Bonchev–Trinajstić information content (AvgIpc) is 2.99. The fourth-order valence-electron chi connectivity index (χ4n) is 5.37. The lowest BCUT2D eigenvalue weighted by Gasteiger charge is -2.27. The zero-order valence-electron chi connectivity index (χ0n) is 23.1. The minimum Gasteiger partial charge on any atom is -0.507 e. The Morgan fingerprint density at radius 3 is 1.50 bits per heavy atom. The van der Waals surface area contributed by atoms with E-state index in [4.69, 9.17) is 9.84 Å². The molecule has 0 radical (unpaired) electrons. The minimum absolute atomic E-state index is 0.111. The van der Waals surface area contributed by atoms with E-state index in [1.165, 1.54) is 72.7 Å². The molecule has 5 heteroatoms. The first-order valence-electron chi connectivity index (χ1n) is 14.4. The molecule has 0 atom stereocenters. The Hall–Kier alpha value is -3.62. The first-order chi connectivity index (χ1) is 19.6. The molecule has 4 aromatic carbocycles. The summed E-state index contributed by atoms with van der Waals surface area (Å²) < 4.78 is 5.67. The highest BCUT2D eigenvalue weighted by Gasteiger charge is 2.44. The van der Waals surface area contributed by atoms with Crippen molar-refractivity contribution in [3.63, 3.8) is 0 Å². The van der Waals surface area contributed by atoms with Crippen LogP contribution in [0.2, 0.25) is 0 Å². The van der Waals surface area contributed by atoms with Crippen LogP contribution < -0.4 is 20.7 Å². The number of hydrogen-bond acceptors (Lipinski definition) is 3. The molecule has 40 heavy (non-hydrogen) atoms. The Kier molecular flexibility index (Phi) is 11.2. The SMILES string of the molecule is O=C(O)c1ccc(OCCCCCCCCCC[P+](c2ccccc2)(c2ccccc2)c2ccccc2)cc1O. The van der Waals surface area contributed by atoms with E-state index < -0.39 is 13.2 Å². The Bertz CT molecular complexity index is 1210. The summed E-state index contributed by atoms with van der Waals surface area (Å²) in [5, 5.41) is 23.2. The number of carbonyl (C=O) groups is 1. The van der Waals surface area contributed by atoms with Crippen molar-refractivity contribution in [3.8, 4) is 11.5 Å². The molecule has 0 fully saturated rings. The third-order valence-corrected chi connectivity index (χ3v) is 12.0. The average molecular weight is 556 g/mol. The molecule has 0 aliphatic rings. The smallest absolute Gasteiger partial charge is 0.339 e. The number of benzene rings is 4. The summed E-state index contributed by atoms with van der Waals surface area (Å²) in [6.07, 6.45) is 10.6. The maximum Gasteiger partial charge on any atom is 0.339 e. The van der Waals surface area contributed by atoms with Gasteiger partial charge in [0.1, 0.15) is 40.2 Å². The Morgan fingerprint density at radius 2 is 1.05 bits per heavy atom. The molecule has 0 heterocycles. The Labute approximate surface area is 239 Å². The number of ether oxygens (including phenoxy) is 1. The number of phenols is 1. The molecule has 0 bridgehead atoms. The van der Waals surface area contributed by atoms with Crippen LogP contribution in [0.15, 0.2) is 109 Å². The van der Waals surface area contributed by atoms with Crippen molar-refractivity contribution in [2.45, 2.75) is 51.4 Å². The molecule has 0 aliphatic heterocycles. The molecule has 4 rings (SSSR count). The van der Waals surface area contributed by atoms with E-state index in [0.29, 0.717) is 12.4 Å². The number of rotatable bonds is 16. The van der Waals surface area contributed by atoms with Gasteiger partial charge in [0.2, 0.25) is 0 Å². The fraction of sp³-hybridized carbons (Fsp3) is 0.286. The van der Waals surface area contributed by atoms with Crippen LogP contribution in [-0.4, -0.2) is 29.0 Å². The summed E-state index contributed by atoms with van der Waals surface area (Å²) >= 11 is 0. The third kappa shape index (κ3) is 7.73. The molecular weight excluding hydrogens is 515 g/mol. The molecule has 4 nitrogen and oxygen atoms in total. The summed E-state index contributed by atoms with van der Waals surface area (Å²) in [4.78, 5) is 11.0. The summed E-state index contributed by atoms with van der Waals surface area (Å²) in [7, 11) is -1.72. The summed E-state index contributed by atoms with van der Waals surface area (Å²) in [5.74, 6) is -0.905. The quantitative estimate of drug-likeness (QED) is 0.110. The van der Waals surface area contributed by atoms with Gasteiger partial charge in [0.05, 0.1) is 12.8 Å². The molecule has 4 aromatic rings. The lowest BCUT2D eigenvalue weighted by Crippen LogP contribution is -2.33. The van der Waals surface area contributed by atoms with E-state index in [1.807, 2.05) is 0 Å². The largest absolute Gasteiger partial charge is 0.507 e. The highest BCUT2D eigenvalue weighted by molar-refractivity contribution is 7.95. The Balaban J connectivity index is 1.22. The van der Waals surface area contributed by atoms with Crippen LogP contribution in [0.25, 0.3) is 0 Å². The summed E-state index contributed by atoms with van der Waals surface area (Å²) in [6.45, 7) is 0.566. The van der Waals surface area contributed by atoms with Crippen LogP contribution in [0.1, 0.15) is 61.7 Å². The van der Waals surface area contributed by atoms with Crippen LogP contribution in [0, 0.1) is 0 Å². The van der Waals surface area contributed by atoms with Crippen molar-refractivity contribution in [1.82, 2.24) is 0 Å². The number of hydrogen-bond donors (Lipinski definition) is 2. The second-order valence-electron chi connectivity index (χ2n) is 10.2. The molecule has 0 saturated heterocycles. The Morgan fingerprint density at radius 1 is 0.600 bits per heavy atom. The van der Waals surface area contributed by atoms with Crippen LogP contribution >= 0.6 is 7.26 Å². The zero-order valence-corrected chi connectivity index (χ0v) is 24.0. The second kappa shape index (κ2) is 15.2. The first-order valence-corrected chi connectivity index (χ1v) is 16.3. The van der Waals surface area contributed by atoms with Gasteiger partial charge < -0.3 is 14.9 Å². The van der Waals surface area contributed by atoms with Crippen LogP contribution in [-0.2, 0) is 0 Å². The van der Waals surface area contributed by atoms with Gasteiger partial charge in [-0.1, -0.05) is 86.7 Å². The minimum atomic E-state index is -1.72. The van der Waals surface area contributed by atoms with Gasteiger partial charge in [-0.05, 0) is 67.8 Å². The molecular formula is C35H40O4P+. The molecule has 208 valence electrons. The van der Waals surface area contributed by atoms with Gasteiger partial charge in [-0.2, -0.15) is 0 Å². The van der Waals surface area contributed by atoms with Gasteiger partial charge in [0, 0.05) is 6.07 Å². The fourth-order valence-corrected chi connectivity index (χ4v) is 9.78. The maximum absolute atomic E-state index is 11.0. The summed E-state index contributed by atoms with van der Waals surface area (Å²) in [5.41, 5.74) is -0.111. The normalized spacial score (nSPS) is 11.3. The number of carboxylic acid groups (broad SMARTS) is 1. The topological polar surface area (TPSA) is 66.8 Å². The van der Waals surface area contributed by atoms with Crippen LogP contribution in [0.3, 0.4) is 0 Å².